The summed E-state index contributed by atoms with van der Waals surface area (Å²) in [6.07, 6.45) is 5.95. The second-order valence-corrected chi connectivity index (χ2v) is 10.3. The average molecular weight is 510 g/mol. The van der Waals surface area contributed by atoms with E-state index in [4.69, 9.17) is 9.47 Å². The van der Waals surface area contributed by atoms with Crippen LogP contribution in [0.4, 0.5) is 10.6 Å². The minimum Gasteiger partial charge on any atom is -0.497 e. The van der Waals surface area contributed by atoms with Crippen LogP contribution in [0.15, 0.2) is 48.7 Å². The molecule has 0 atom stereocenters. The lowest BCUT2D eigenvalue weighted by Crippen LogP contribution is -2.55. The molecule has 1 aromatic carbocycles. The Bertz CT molecular complexity index is 1070. The van der Waals surface area contributed by atoms with E-state index in [9.17, 15) is 9.59 Å². The number of hydrogen-bond donors (Lipinski definition) is 1. The van der Waals surface area contributed by atoms with Crippen LogP contribution in [0.5, 0.6) is 5.75 Å². The lowest BCUT2D eigenvalue weighted by molar-refractivity contribution is -0.116. The highest BCUT2D eigenvalue weighted by Crippen LogP contribution is 2.48. The minimum absolute atomic E-state index is 0.0161. The average Bonchev–Trinajstić information content (AvgIpc) is 3.15. The molecule has 9 heteroatoms. The summed E-state index contributed by atoms with van der Waals surface area (Å²) in [5.74, 6) is 0.737. The van der Waals surface area contributed by atoms with E-state index < -0.39 is 0 Å². The van der Waals surface area contributed by atoms with E-state index in [1.165, 1.54) is 5.56 Å². The predicted molar refractivity (Wildman–Crippen MR) is 143 cm³/mol. The third kappa shape index (κ3) is 5.57. The van der Waals surface area contributed by atoms with Gasteiger partial charge in [0.05, 0.1) is 12.6 Å². The molecule has 0 radical (unpaired) electrons. The Labute approximate surface area is 219 Å². The maximum absolute atomic E-state index is 13.6. The SMILES string of the molecule is COCCCN1C(=O)N(CC(=O)Nc2cc(OC)ccn2)C[C@]12CC[C@@](c1ccccc1)(N(C)C)CC2. The molecule has 2 aliphatic rings. The first-order valence-corrected chi connectivity index (χ1v) is 12.9. The fourth-order valence-corrected chi connectivity index (χ4v) is 5.97. The lowest BCUT2D eigenvalue weighted by Gasteiger charge is -2.51. The molecular formula is C28H39N5O4. The van der Waals surface area contributed by atoms with Crippen LogP contribution in [-0.4, -0.2) is 91.7 Å². The van der Waals surface area contributed by atoms with Gasteiger partial charge in [0, 0.05) is 44.6 Å². The maximum Gasteiger partial charge on any atom is 0.321 e. The highest BCUT2D eigenvalue weighted by molar-refractivity contribution is 5.94. The summed E-state index contributed by atoms with van der Waals surface area (Å²) in [5, 5.41) is 2.80. The zero-order valence-corrected chi connectivity index (χ0v) is 22.4. The molecule has 2 fully saturated rings. The first-order valence-electron chi connectivity index (χ1n) is 12.9. The van der Waals surface area contributed by atoms with Crippen molar-refractivity contribution in [3.05, 3.63) is 54.2 Å². The van der Waals surface area contributed by atoms with Crippen LogP contribution >= 0.6 is 0 Å². The second-order valence-electron chi connectivity index (χ2n) is 10.3. The zero-order valence-electron chi connectivity index (χ0n) is 22.4. The first kappa shape index (κ1) is 26.9. The van der Waals surface area contributed by atoms with Crippen molar-refractivity contribution in [1.29, 1.82) is 0 Å². The Morgan fingerprint density at radius 3 is 2.49 bits per heavy atom. The number of amides is 3. The number of pyridine rings is 1. The molecule has 37 heavy (non-hydrogen) atoms. The Morgan fingerprint density at radius 2 is 1.84 bits per heavy atom. The highest BCUT2D eigenvalue weighted by Gasteiger charge is 2.54. The van der Waals surface area contributed by atoms with Gasteiger partial charge in [-0.25, -0.2) is 9.78 Å². The fourth-order valence-electron chi connectivity index (χ4n) is 5.97. The van der Waals surface area contributed by atoms with E-state index in [-0.39, 0.29) is 29.6 Å². The third-order valence-corrected chi connectivity index (χ3v) is 8.03. The van der Waals surface area contributed by atoms with Gasteiger partial charge in [0.25, 0.3) is 0 Å². The van der Waals surface area contributed by atoms with Crippen LogP contribution in [-0.2, 0) is 15.1 Å². The van der Waals surface area contributed by atoms with Crippen LogP contribution in [0.2, 0.25) is 0 Å². The number of carbonyl (C=O) groups is 2. The Balaban J connectivity index is 1.51. The van der Waals surface area contributed by atoms with E-state index in [1.54, 1.807) is 37.4 Å². The van der Waals surface area contributed by atoms with Crippen molar-refractivity contribution in [1.82, 2.24) is 19.7 Å². The number of methoxy groups -OCH3 is 2. The summed E-state index contributed by atoms with van der Waals surface area (Å²) in [6, 6.07) is 13.9. The van der Waals surface area contributed by atoms with Gasteiger partial charge in [-0.1, -0.05) is 30.3 Å². The van der Waals surface area contributed by atoms with Gasteiger partial charge in [-0.2, -0.15) is 0 Å². The van der Waals surface area contributed by atoms with E-state index in [0.717, 1.165) is 32.1 Å². The van der Waals surface area contributed by atoms with Gasteiger partial charge in [-0.3, -0.25) is 9.69 Å². The van der Waals surface area contributed by atoms with Crippen molar-refractivity contribution in [2.45, 2.75) is 43.2 Å². The van der Waals surface area contributed by atoms with Crippen LogP contribution in [0.25, 0.3) is 0 Å². The third-order valence-electron chi connectivity index (χ3n) is 8.03. The number of carbonyl (C=O) groups excluding carboxylic acids is 2. The molecule has 1 aliphatic carbocycles. The summed E-state index contributed by atoms with van der Waals surface area (Å²) in [6.45, 7) is 1.73. The van der Waals surface area contributed by atoms with Crippen LogP contribution in [0.3, 0.4) is 0 Å². The minimum atomic E-state index is -0.298. The Hall–Kier alpha value is -3.17. The summed E-state index contributed by atoms with van der Waals surface area (Å²) < 4.78 is 10.5. The zero-order chi connectivity index (χ0) is 26.5. The van der Waals surface area contributed by atoms with Gasteiger partial charge in [0.2, 0.25) is 5.91 Å². The van der Waals surface area contributed by atoms with E-state index >= 15 is 0 Å². The standard InChI is InChI=1S/C28H39N5O4/c1-31(2)28(22-9-6-5-7-10-22)14-12-27(13-15-28)21-32(26(35)33(27)17-8-18-36-3)20-25(34)30-24-19-23(37-4)11-16-29-24/h5-7,9-11,16,19H,8,12-15,17-18,20-21H2,1-4H3,(H,29,30,34)/t27-,28-. The number of nitrogens with one attached hydrogen (secondary N) is 1. The number of nitrogens with zero attached hydrogens (tertiary/aromatic N) is 4. The molecule has 1 saturated carbocycles. The molecule has 200 valence electrons. The van der Waals surface area contributed by atoms with Crippen molar-refractivity contribution in [3.8, 4) is 5.75 Å². The summed E-state index contributed by atoms with van der Waals surface area (Å²) in [5.41, 5.74) is 0.941. The summed E-state index contributed by atoms with van der Waals surface area (Å²) in [4.78, 5) is 36.7. The molecule has 1 aromatic heterocycles. The number of benzene rings is 1. The van der Waals surface area contributed by atoms with Crippen LogP contribution < -0.4 is 10.1 Å². The van der Waals surface area contributed by atoms with E-state index in [0.29, 0.717) is 31.3 Å². The number of aromatic nitrogens is 1. The normalized spacial score (nSPS) is 23.6. The van der Waals surface area contributed by atoms with Gasteiger partial charge in [-0.05, 0) is 57.8 Å². The van der Waals surface area contributed by atoms with Crippen LogP contribution in [0, 0.1) is 0 Å². The molecule has 1 spiro atoms. The maximum atomic E-state index is 13.6. The Kier molecular flexibility index (Phi) is 8.34. The molecule has 9 nitrogen and oxygen atoms in total. The van der Waals surface area contributed by atoms with Gasteiger partial charge < -0.3 is 24.6 Å². The molecule has 2 heterocycles. The van der Waals surface area contributed by atoms with Crippen LogP contribution in [0.1, 0.15) is 37.7 Å². The van der Waals surface area contributed by atoms with Crippen molar-refractivity contribution in [2.24, 2.45) is 0 Å². The molecular weight excluding hydrogens is 470 g/mol. The Morgan fingerprint density at radius 1 is 1.11 bits per heavy atom. The predicted octanol–water partition coefficient (Wildman–Crippen LogP) is 3.57. The first-order chi connectivity index (χ1) is 17.8. The number of rotatable bonds is 10. The molecule has 1 saturated heterocycles. The topological polar surface area (TPSA) is 87.2 Å². The van der Waals surface area contributed by atoms with E-state index in [2.05, 4.69) is 53.6 Å². The molecule has 1 N–H and O–H groups in total. The van der Waals surface area contributed by atoms with Gasteiger partial charge in [0.1, 0.15) is 18.1 Å². The van der Waals surface area contributed by atoms with Gasteiger partial charge in [-0.15, -0.1) is 0 Å². The van der Waals surface area contributed by atoms with Crippen molar-refractivity contribution in [2.75, 3.05) is 59.9 Å². The monoisotopic (exact) mass is 509 g/mol. The summed E-state index contributed by atoms with van der Waals surface area (Å²) in [7, 11) is 7.53. The van der Waals surface area contributed by atoms with Gasteiger partial charge in [0.15, 0.2) is 0 Å². The van der Waals surface area contributed by atoms with Crippen molar-refractivity contribution >= 4 is 17.8 Å². The molecule has 0 bridgehead atoms. The fraction of sp³-hybridized carbons (Fsp3) is 0.536. The summed E-state index contributed by atoms with van der Waals surface area (Å²) >= 11 is 0. The second kappa shape index (κ2) is 11.5. The molecule has 2 aromatic rings. The van der Waals surface area contributed by atoms with Gasteiger partial charge >= 0.3 is 6.03 Å². The van der Waals surface area contributed by atoms with Crippen molar-refractivity contribution in [3.63, 3.8) is 0 Å². The smallest absolute Gasteiger partial charge is 0.321 e. The number of ether oxygens (including phenoxy) is 2. The number of hydrogen-bond acceptors (Lipinski definition) is 6. The highest BCUT2D eigenvalue weighted by atomic mass is 16.5. The molecule has 4 rings (SSSR count). The van der Waals surface area contributed by atoms with Crippen molar-refractivity contribution < 1.29 is 19.1 Å². The lowest BCUT2D eigenvalue weighted by atomic mass is 9.68. The molecule has 1 aliphatic heterocycles. The molecule has 0 unspecified atom stereocenters. The van der Waals surface area contributed by atoms with E-state index in [1.807, 2.05) is 11.0 Å². The number of anilines is 1. The quantitative estimate of drug-likeness (QED) is 0.493. The molecule has 3 amide bonds. The number of urea groups is 1. The largest absolute Gasteiger partial charge is 0.497 e.